The van der Waals surface area contributed by atoms with Crippen LogP contribution >= 0.6 is 0 Å². The van der Waals surface area contributed by atoms with Crippen LogP contribution in [0, 0.1) is 0 Å². The van der Waals surface area contributed by atoms with Crippen molar-refractivity contribution in [2.75, 3.05) is 25.1 Å². The van der Waals surface area contributed by atoms with Crippen LogP contribution < -0.4 is 15.0 Å². The van der Waals surface area contributed by atoms with Crippen LogP contribution in [0.25, 0.3) is 0 Å². The summed E-state index contributed by atoms with van der Waals surface area (Å²) in [4.78, 5) is 26.1. The SMILES string of the molecule is COc1cccc(C(=O)NCCN2C(=O)CCc3ccccc32)c1. The lowest BCUT2D eigenvalue weighted by atomic mass is 10.0. The highest BCUT2D eigenvalue weighted by molar-refractivity contribution is 5.97. The topological polar surface area (TPSA) is 58.6 Å². The molecule has 0 spiro atoms. The molecule has 2 aromatic carbocycles. The molecule has 0 atom stereocenters. The number of rotatable bonds is 5. The largest absolute Gasteiger partial charge is 0.497 e. The van der Waals surface area contributed by atoms with Gasteiger partial charge in [0.2, 0.25) is 5.91 Å². The van der Waals surface area contributed by atoms with Gasteiger partial charge in [-0.15, -0.1) is 0 Å². The molecule has 1 aliphatic rings. The molecular weight excluding hydrogens is 304 g/mol. The van der Waals surface area contributed by atoms with E-state index in [0.717, 1.165) is 12.1 Å². The van der Waals surface area contributed by atoms with Gasteiger partial charge in [0.25, 0.3) is 5.91 Å². The van der Waals surface area contributed by atoms with Crippen molar-refractivity contribution in [1.29, 1.82) is 0 Å². The second kappa shape index (κ2) is 7.17. The van der Waals surface area contributed by atoms with E-state index in [-0.39, 0.29) is 11.8 Å². The maximum absolute atomic E-state index is 12.2. The molecule has 0 unspecified atom stereocenters. The number of carbonyl (C=O) groups excluding carboxylic acids is 2. The third-order valence-electron chi connectivity index (χ3n) is 4.14. The van der Waals surface area contributed by atoms with Gasteiger partial charge < -0.3 is 15.0 Å². The maximum Gasteiger partial charge on any atom is 0.251 e. The second-order valence-electron chi connectivity index (χ2n) is 5.66. The fourth-order valence-corrected chi connectivity index (χ4v) is 2.89. The highest BCUT2D eigenvalue weighted by Gasteiger charge is 2.23. The molecule has 2 aromatic rings. The van der Waals surface area contributed by atoms with Crippen LogP contribution in [0.2, 0.25) is 0 Å². The molecule has 2 amide bonds. The maximum atomic E-state index is 12.2. The zero-order chi connectivity index (χ0) is 16.9. The van der Waals surface area contributed by atoms with E-state index in [1.165, 1.54) is 5.56 Å². The number of fused-ring (bicyclic) bond motifs is 1. The molecular formula is C19H20N2O3. The number of amides is 2. The highest BCUT2D eigenvalue weighted by atomic mass is 16.5. The average molecular weight is 324 g/mol. The van der Waals surface area contributed by atoms with Crippen molar-refractivity contribution < 1.29 is 14.3 Å². The number of nitrogens with one attached hydrogen (secondary N) is 1. The van der Waals surface area contributed by atoms with Crippen molar-refractivity contribution in [3.63, 3.8) is 0 Å². The van der Waals surface area contributed by atoms with Crippen molar-refractivity contribution in [3.8, 4) is 5.75 Å². The van der Waals surface area contributed by atoms with Gasteiger partial charge in [-0.25, -0.2) is 0 Å². The summed E-state index contributed by atoms with van der Waals surface area (Å²) in [6.07, 6.45) is 1.29. The van der Waals surface area contributed by atoms with Crippen LogP contribution in [0.5, 0.6) is 5.75 Å². The van der Waals surface area contributed by atoms with Crippen LogP contribution in [-0.4, -0.2) is 32.0 Å². The first-order chi connectivity index (χ1) is 11.7. The van der Waals surface area contributed by atoms with Gasteiger partial charge in [0, 0.05) is 30.8 Å². The van der Waals surface area contributed by atoms with E-state index < -0.39 is 0 Å². The van der Waals surface area contributed by atoms with Crippen LogP contribution in [0.15, 0.2) is 48.5 Å². The highest BCUT2D eigenvalue weighted by Crippen LogP contribution is 2.26. The zero-order valence-electron chi connectivity index (χ0n) is 13.6. The van der Waals surface area contributed by atoms with E-state index in [1.54, 1.807) is 36.3 Å². The van der Waals surface area contributed by atoms with E-state index in [0.29, 0.717) is 30.8 Å². The molecule has 5 nitrogen and oxygen atoms in total. The number of nitrogens with zero attached hydrogens (tertiary/aromatic N) is 1. The summed E-state index contributed by atoms with van der Waals surface area (Å²) >= 11 is 0. The van der Waals surface area contributed by atoms with Crippen LogP contribution in [0.3, 0.4) is 0 Å². The Morgan fingerprint density at radius 1 is 1.17 bits per heavy atom. The van der Waals surface area contributed by atoms with Crippen molar-refractivity contribution >= 4 is 17.5 Å². The Morgan fingerprint density at radius 2 is 2.00 bits per heavy atom. The smallest absolute Gasteiger partial charge is 0.251 e. The van der Waals surface area contributed by atoms with Crippen molar-refractivity contribution in [1.82, 2.24) is 5.32 Å². The minimum absolute atomic E-state index is 0.101. The Balaban J connectivity index is 1.62. The average Bonchev–Trinajstić information content (AvgIpc) is 2.63. The predicted octanol–water partition coefficient (Wildman–Crippen LogP) is 2.40. The summed E-state index contributed by atoms with van der Waals surface area (Å²) in [5.74, 6) is 0.568. The lowest BCUT2D eigenvalue weighted by Crippen LogP contribution is -2.41. The quantitative estimate of drug-likeness (QED) is 0.919. The van der Waals surface area contributed by atoms with Crippen LogP contribution in [0.1, 0.15) is 22.3 Å². The molecule has 1 aliphatic heterocycles. The third-order valence-corrected chi connectivity index (χ3v) is 4.14. The first-order valence-corrected chi connectivity index (χ1v) is 7.99. The number of aryl methyl sites for hydroxylation is 1. The lowest BCUT2D eigenvalue weighted by Gasteiger charge is -2.29. The van der Waals surface area contributed by atoms with E-state index in [9.17, 15) is 9.59 Å². The summed E-state index contributed by atoms with van der Waals surface area (Å²) in [5.41, 5.74) is 2.67. The summed E-state index contributed by atoms with van der Waals surface area (Å²) in [7, 11) is 1.57. The molecule has 0 radical (unpaired) electrons. The number of hydrogen-bond acceptors (Lipinski definition) is 3. The van der Waals surface area contributed by atoms with Gasteiger partial charge in [-0.2, -0.15) is 0 Å². The van der Waals surface area contributed by atoms with Gasteiger partial charge in [-0.1, -0.05) is 24.3 Å². The molecule has 1 N–H and O–H groups in total. The number of benzene rings is 2. The number of carbonyl (C=O) groups is 2. The Kier molecular flexibility index (Phi) is 4.79. The van der Waals surface area contributed by atoms with E-state index in [1.807, 2.05) is 24.3 Å². The summed E-state index contributed by atoms with van der Waals surface area (Å²) in [6.45, 7) is 0.863. The Labute approximate surface area is 141 Å². The molecule has 0 saturated heterocycles. The van der Waals surface area contributed by atoms with Crippen molar-refractivity contribution in [2.45, 2.75) is 12.8 Å². The Morgan fingerprint density at radius 3 is 2.83 bits per heavy atom. The molecule has 0 aromatic heterocycles. The van der Waals surface area contributed by atoms with Crippen molar-refractivity contribution in [2.24, 2.45) is 0 Å². The standard InChI is InChI=1S/C19H20N2O3/c1-24-16-7-4-6-15(13-16)19(23)20-11-12-21-17-8-3-2-5-14(17)9-10-18(21)22/h2-8,13H,9-12H2,1H3,(H,20,23). The minimum atomic E-state index is -0.174. The van der Waals surface area contributed by atoms with E-state index in [2.05, 4.69) is 5.32 Å². The number of methoxy groups -OCH3 is 1. The number of ether oxygens (including phenoxy) is 1. The normalized spacial score (nSPS) is 13.4. The molecule has 124 valence electrons. The second-order valence-corrected chi connectivity index (χ2v) is 5.66. The lowest BCUT2D eigenvalue weighted by molar-refractivity contribution is -0.118. The molecule has 0 saturated carbocycles. The van der Waals surface area contributed by atoms with Gasteiger partial charge in [0.1, 0.15) is 5.75 Å². The molecule has 24 heavy (non-hydrogen) atoms. The van der Waals surface area contributed by atoms with Crippen LogP contribution in [0.4, 0.5) is 5.69 Å². The molecule has 5 heteroatoms. The van der Waals surface area contributed by atoms with Crippen LogP contribution in [-0.2, 0) is 11.2 Å². The predicted molar refractivity (Wildman–Crippen MR) is 92.4 cm³/mol. The zero-order valence-corrected chi connectivity index (χ0v) is 13.6. The molecule has 3 rings (SSSR count). The summed E-state index contributed by atoms with van der Waals surface area (Å²) in [6, 6.07) is 14.9. The fraction of sp³-hybridized carbons (Fsp3) is 0.263. The van der Waals surface area contributed by atoms with E-state index >= 15 is 0 Å². The Hall–Kier alpha value is -2.82. The molecule has 0 bridgehead atoms. The first kappa shape index (κ1) is 16.1. The third kappa shape index (κ3) is 3.40. The van der Waals surface area contributed by atoms with Gasteiger partial charge >= 0.3 is 0 Å². The molecule has 1 heterocycles. The minimum Gasteiger partial charge on any atom is -0.497 e. The fourth-order valence-electron chi connectivity index (χ4n) is 2.89. The first-order valence-electron chi connectivity index (χ1n) is 7.99. The summed E-state index contributed by atoms with van der Waals surface area (Å²) < 4.78 is 5.12. The molecule has 0 fully saturated rings. The molecule has 0 aliphatic carbocycles. The number of hydrogen-bond donors (Lipinski definition) is 1. The van der Waals surface area contributed by atoms with Gasteiger partial charge in [0.15, 0.2) is 0 Å². The monoisotopic (exact) mass is 324 g/mol. The Bertz CT molecular complexity index is 758. The van der Waals surface area contributed by atoms with Gasteiger partial charge in [-0.05, 0) is 36.2 Å². The van der Waals surface area contributed by atoms with E-state index in [4.69, 9.17) is 4.74 Å². The van der Waals surface area contributed by atoms with Gasteiger partial charge in [-0.3, -0.25) is 9.59 Å². The number of anilines is 1. The number of para-hydroxylation sites is 1. The summed E-state index contributed by atoms with van der Waals surface area (Å²) in [5, 5.41) is 2.86. The van der Waals surface area contributed by atoms with Gasteiger partial charge in [0.05, 0.1) is 7.11 Å². The van der Waals surface area contributed by atoms with Crippen molar-refractivity contribution in [3.05, 3.63) is 59.7 Å².